The number of aromatic nitrogens is 2. The van der Waals surface area contributed by atoms with Gasteiger partial charge in [0.25, 0.3) is 5.56 Å². The summed E-state index contributed by atoms with van der Waals surface area (Å²) in [7, 11) is 1.16. The third kappa shape index (κ3) is 2.85. The second-order valence-corrected chi connectivity index (χ2v) is 5.19. The van der Waals surface area contributed by atoms with E-state index >= 15 is 0 Å². The minimum atomic E-state index is -0.843. The van der Waals surface area contributed by atoms with Crippen molar-refractivity contribution in [2.75, 3.05) is 12.8 Å². The predicted molar refractivity (Wildman–Crippen MR) is 85.1 cm³/mol. The topological polar surface area (TPSA) is 104 Å². The quantitative estimate of drug-likeness (QED) is 0.678. The molecule has 120 valence electrons. The van der Waals surface area contributed by atoms with Crippen molar-refractivity contribution in [1.82, 2.24) is 9.55 Å². The summed E-state index contributed by atoms with van der Waals surface area (Å²) in [5.41, 5.74) is 7.20. The number of anilines is 1. The van der Waals surface area contributed by atoms with Crippen molar-refractivity contribution in [3.63, 3.8) is 0 Å². The second kappa shape index (κ2) is 6.04. The smallest absolute Gasteiger partial charge is 0.347 e. The SMILES string of the molecule is COC(=O)c1c(N)ncn(-c2c(C)cc(C(C)=O)cc2C)c1=O. The summed E-state index contributed by atoms with van der Waals surface area (Å²) in [6.45, 7) is 5.02. The van der Waals surface area contributed by atoms with Crippen LogP contribution in [0, 0.1) is 13.8 Å². The Morgan fingerprint density at radius 3 is 2.26 bits per heavy atom. The van der Waals surface area contributed by atoms with Crippen LogP contribution in [0.3, 0.4) is 0 Å². The fourth-order valence-corrected chi connectivity index (χ4v) is 2.46. The van der Waals surface area contributed by atoms with Crippen molar-refractivity contribution in [3.8, 4) is 5.69 Å². The molecular weight excluding hydrogens is 298 g/mol. The molecule has 0 radical (unpaired) electrons. The average Bonchev–Trinajstić information content (AvgIpc) is 2.48. The van der Waals surface area contributed by atoms with Crippen molar-refractivity contribution in [2.24, 2.45) is 0 Å². The lowest BCUT2D eigenvalue weighted by Crippen LogP contribution is -2.29. The van der Waals surface area contributed by atoms with Crippen LogP contribution in [0.5, 0.6) is 0 Å². The number of aryl methyl sites for hydroxylation is 2. The van der Waals surface area contributed by atoms with Gasteiger partial charge in [-0.3, -0.25) is 14.2 Å². The highest BCUT2D eigenvalue weighted by atomic mass is 16.5. The van der Waals surface area contributed by atoms with E-state index in [0.717, 1.165) is 7.11 Å². The Balaban J connectivity index is 2.76. The molecule has 7 nitrogen and oxygen atoms in total. The first-order valence-corrected chi connectivity index (χ1v) is 6.86. The van der Waals surface area contributed by atoms with E-state index in [9.17, 15) is 14.4 Å². The van der Waals surface area contributed by atoms with Crippen LogP contribution >= 0.6 is 0 Å². The van der Waals surface area contributed by atoms with Crippen LogP contribution < -0.4 is 11.3 Å². The zero-order valence-corrected chi connectivity index (χ0v) is 13.3. The highest BCUT2D eigenvalue weighted by molar-refractivity contribution is 5.95. The lowest BCUT2D eigenvalue weighted by Gasteiger charge is -2.15. The van der Waals surface area contributed by atoms with Gasteiger partial charge in [-0.1, -0.05) is 0 Å². The van der Waals surface area contributed by atoms with Gasteiger partial charge in [-0.05, 0) is 44.0 Å². The van der Waals surface area contributed by atoms with Gasteiger partial charge in [-0.15, -0.1) is 0 Å². The van der Waals surface area contributed by atoms with E-state index in [-0.39, 0.29) is 17.2 Å². The maximum Gasteiger partial charge on any atom is 0.347 e. The van der Waals surface area contributed by atoms with Gasteiger partial charge >= 0.3 is 5.97 Å². The van der Waals surface area contributed by atoms with E-state index in [2.05, 4.69) is 9.72 Å². The van der Waals surface area contributed by atoms with E-state index in [4.69, 9.17) is 5.73 Å². The summed E-state index contributed by atoms with van der Waals surface area (Å²) in [6.07, 6.45) is 1.26. The zero-order valence-electron chi connectivity index (χ0n) is 13.3. The van der Waals surface area contributed by atoms with Crippen molar-refractivity contribution in [2.45, 2.75) is 20.8 Å². The lowest BCUT2D eigenvalue weighted by molar-refractivity contribution is 0.0599. The van der Waals surface area contributed by atoms with Gasteiger partial charge in [0, 0.05) is 5.56 Å². The highest BCUT2D eigenvalue weighted by Gasteiger charge is 2.20. The molecule has 2 aromatic rings. The molecule has 1 aromatic carbocycles. The Kier molecular flexibility index (Phi) is 4.31. The average molecular weight is 315 g/mol. The molecule has 0 bridgehead atoms. The monoisotopic (exact) mass is 315 g/mol. The maximum atomic E-state index is 12.6. The Morgan fingerprint density at radius 2 is 1.78 bits per heavy atom. The Morgan fingerprint density at radius 1 is 1.22 bits per heavy atom. The van der Waals surface area contributed by atoms with Crippen molar-refractivity contribution < 1.29 is 14.3 Å². The van der Waals surface area contributed by atoms with Gasteiger partial charge in [0.1, 0.15) is 12.1 Å². The minimum absolute atomic E-state index is 0.0687. The number of methoxy groups -OCH3 is 1. The summed E-state index contributed by atoms with van der Waals surface area (Å²) in [5.74, 6) is -1.10. The van der Waals surface area contributed by atoms with Gasteiger partial charge in [0.2, 0.25) is 0 Å². The van der Waals surface area contributed by atoms with Crippen LogP contribution in [-0.2, 0) is 4.74 Å². The number of ether oxygens (including phenoxy) is 1. The first-order chi connectivity index (χ1) is 10.8. The molecule has 23 heavy (non-hydrogen) atoms. The number of carbonyl (C=O) groups excluding carboxylic acids is 2. The summed E-state index contributed by atoms with van der Waals surface area (Å²) in [6, 6.07) is 3.37. The van der Waals surface area contributed by atoms with Crippen molar-refractivity contribution in [3.05, 3.63) is 51.1 Å². The summed E-state index contributed by atoms with van der Waals surface area (Å²) < 4.78 is 5.82. The molecule has 0 unspecified atom stereocenters. The van der Waals surface area contributed by atoms with Crippen LogP contribution in [0.4, 0.5) is 5.82 Å². The molecule has 2 rings (SSSR count). The van der Waals surface area contributed by atoms with E-state index in [1.54, 1.807) is 26.0 Å². The molecule has 0 aliphatic carbocycles. The Labute approximate surface area is 132 Å². The number of rotatable bonds is 3. The number of esters is 1. The Bertz CT molecular complexity index is 845. The number of benzene rings is 1. The van der Waals surface area contributed by atoms with E-state index in [1.165, 1.54) is 17.8 Å². The fraction of sp³-hybridized carbons (Fsp3) is 0.250. The number of hydrogen-bond donors (Lipinski definition) is 1. The Hall–Kier alpha value is -2.96. The zero-order chi connectivity index (χ0) is 17.3. The molecule has 0 aliphatic rings. The van der Waals surface area contributed by atoms with Crippen LogP contribution in [0.25, 0.3) is 5.69 Å². The molecule has 0 atom stereocenters. The third-order valence-corrected chi connectivity index (χ3v) is 3.53. The first kappa shape index (κ1) is 16.4. The van der Waals surface area contributed by atoms with Crippen molar-refractivity contribution >= 4 is 17.6 Å². The molecule has 1 heterocycles. The van der Waals surface area contributed by atoms with Crippen molar-refractivity contribution in [1.29, 1.82) is 0 Å². The molecule has 0 amide bonds. The van der Waals surface area contributed by atoms with Gasteiger partial charge in [0.15, 0.2) is 11.3 Å². The molecule has 0 spiro atoms. The number of nitrogens with two attached hydrogens (primary N) is 1. The number of carbonyl (C=O) groups is 2. The van der Waals surface area contributed by atoms with Gasteiger partial charge in [0.05, 0.1) is 12.8 Å². The van der Waals surface area contributed by atoms with E-state index < -0.39 is 11.5 Å². The van der Waals surface area contributed by atoms with Gasteiger partial charge in [-0.25, -0.2) is 9.78 Å². The van der Waals surface area contributed by atoms with E-state index in [0.29, 0.717) is 22.4 Å². The van der Waals surface area contributed by atoms with E-state index in [1.807, 2.05) is 0 Å². The maximum absolute atomic E-state index is 12.6. The number of nitrogens with zero attached hydrogens (tertiary/aromatic N) is 2. The molecule has 7 heteroatoms. The van der Waals surface area contributed by atoms with Crippen LogP contribution in [0.1, 0.15) is 38.8 Å². The van der Waals surface area contributed by atoms with Gasteiger partial charge in [-0.2, -0.15) is 0 Å². The first-order valence-electron chi connectivity index (χ1n) is 6.86. The second-order valence-electron chi connectivity index (χ2n) is 5.19. The summed E-state index contributed by atoms with van der Waals surface area (Å²) >= 11 is 0. The number of ketones is 1. The molecule has 0 aliphatic heterocycles. The highest BCUT2D eigenvalue weighted by Crippen LogP contribution is 2.21. The molecule has 0 saturated heterocycles. The van der Waals surface area contributed by atoms with Crippen LogP contribution in [-0.4, -0.2) is 28.4 Å². The van der Waals surface area contributed by atoms with Gasteiger partial charge < -0.3 is 10.5 Å². The lowest BCUT2D eigenvalue weighted by atomic mass is 10.0. The molecular formula is C16H17N3O4. The standard InChI is InChI=1S/C16H17N3O4/c1-8-5-11(10(3)20)6-9(2)13(8)19-7-18-14(17)12(15(19)21)16(22)23-4/h5-7H,17H2,1-4H3. The van der Waals surface area contributed by atoms with Crippen LogP contribution in [0.2, 0.25) is 0 Å². The third-order valence-electron chi connectivity index (χ3n) is 3.53. The molecule has 1 aromatic heterocycles. The normalized spacial score (nSPS) is 10.4. The molecule has 0 fully saturated rings. The van der Waals surface area contributed by atoms with Crippen LogP contribution in [0.15, 0.2) is 23.3 Å². The molecule has 2 N–H and O–H groups in total. The largest absolute Gasteiger partial charge is 0.465 e. The number of hydrogen-bond acceptors (Lipinski definition) is 6. The fourth-order valence-electron chi connectivity index (χ4n) is 2.46. The minimum Gasteiger partial charge on any atom is -0.465 e. The molecule has 0 saturated carbocycles. The number of Topliss-reactive ketones (excluding diaryl/α,β-unsaturated/α-hetero) is 1. The summed E-state index contributed by atoms with van der Waals surface area (Å²) in [5, 5.41) is 0. The number of nitrogen functional groups attached to an aromatic ring is 1. The summed E-state index contributed by atoms with van der Waals surface area (Å²) in [4.78, 5) is 39.8. The predicted octanol–water partition coefficient (Wildman–Crippen LogP) is 1.42.